The minimum Gasteiger partial charge on any atom is -0.457 e. The highest BCUT2D eigenvalue weighted by Gasteiger charge is 2.23. The van der Waals surface area contributed by atoms with Gasteiger partial charge in [-0.15, -0.1) is 0 Å². The zero-order chi connectivity index (χ0) is 25.0. The van der Waals surface area contributed by atoms with E-state index in [1.807, 2.05) is 0 Å². The minimum atomic E-state index is -0.400. The number of carbonyl (C=O) groups is 1. The molecule has 0 amide bonds. The number of benzene rings is 2. The average molecular weight is 451 g/mol. The van der Waals surface area contributed by atoms with Gasteiger partial charge in [-0.2, -0.15) is 0 Å². The van der Waals surface area contributed by atoms with Crippen LogP contribution in [0.4, 0.5) is 0 Å². The van der Waals surface area contributed by atoms with Crippen molar-refractivity contribution in [1.29, 1.82) is 0 Å². The van der Waals surface area contributed by atoms with Gasteiger partial charge in [0.15, 0.2) is 0 Å². The van der Waals surface area contributed by atoms with Gasteiger partial charge in [-0.05, 0) is 128 Å². The molecule has 0 atom stereocenters. The molecular formula is C30H42O3. The summed E-state index contributed by atoms with van der Waals surface area (Å²) < 4.78 is 10.7. The fourth-order valence-electron chi connectivity index (χ4n) is 5.45. The van der Waals surface area contributed by atoms with Crippen LogP contribution in [0.1, 0.15) is 76.4 Å². The Bertz CT molecular complexity index is 1070. The molecule has 0 bridgehead atoms. The molecule has 0 spiro atoms. The molecule has 0 aliphatic rings. The molecule has 2 aromatic carbocycles. The lowest BCUT2D eigenvalue weighted by Crippen LogP contribution is -2.14. The Hall–Kier alpha value is -2.39. The lowest BCUT2D eigenvalue weighted by atomic mass is 9.78. The summed E-state index contributed by atoms with van der Waals surface area (Å²) in [5, 5.41) is 0. The van der Waals surface area contributed by atoms with Gasteiger partial charge in [0.2, 0.25) is 0 Å². The summed E-state index contributed by atoms with van der Waals surface area (Å²) in [5.74, 6) is -0.400. The highest BCUT2D eigenvalue weighted by atomic mass is 16.5. The van der Waals surface area contributed by atoms with Crippen molar-refractivity contribution >= 4 is 5.97 Å². The molecule has 0 aliphatic heterocycles. The predicted molar refractivity (Wildman–Crippen MR) is 139 cm³/mol. The van der Waals surface area contributed by atoms with E-state index >= 15 is 0 Å². The Morgan fingerprint density at radius 1 is 0.667 bits per heavy atom. The minimum absolute atomic E-state index is 0.181. The Kier molecular flexibility index (Phi) is 9.08. The first-order valence-corrected chi connectivity index (χ1v) is 12.1. The van der Waals surface area contributed by atoms with Gasteiger partial charge in [0.1, 0.15) is 6.61 Å². The standard InChI is InChI=1S/C30H42O3/c1-12-24-18(5)20(7)28(22(9)25(24)13-2)29-21(8)19(6)27(26(14-3)23(29)10)16-33-30(31)17(4)15-32-11/h4,12-16H2,1-3,5-11H3. The normalized spacial score (nSPS) is 11.1. The summed E-state index contributed by atoms with van der Waals surface area (Å²) in [6, 6.07) is 0. The van der Waals surface area contributed by atoms with Gasteiger partial charge in [0, 0.05) is 7.11 Å². The molecule has 0 radical (unpaired) electrons. The van der Waals surface area contributed by atoms with E-state index in [1.54, 1.807) is 7.11 Å². The summed E-state index contributed by atoms with van der Waals surface area (Å²) in [4.78, 5) is 12.3. The van der Waals surface area contributed by atoms with E-state index in [2.05, 4.69) is 68.9 Å². The van der Waals surface area contributed by atoms with Crippen molar-refractivity contribution in [2.45, 2.75) is 88.2 Å². The Morgan fingerprint density at radius 2 is 1.06 bits per heavy atom. The van der Waals surface area contributed by atoms with E-state index in [1.165, 1.54) is 61.2 Å². The van der Waals surface area contributed by atoms with Crippen LogP contribution in [-0.2, 0) is 40.1 Å². The summed E-state index contributed by atoms with van der Waals surface area (Å²) in [6.07, 6.45) is 2.99. The number of hydrogen-bond donors (Lipinski definition) is 0. The summed E-state index contributed by atoms with van der Waals surface area (Å²) in [6.45, 7) is 24.3. The van der Waals surface area contributed by atoms with E-state index in [9.17, 15) is 4.79 Å². The van der Waals surface area contributed by atoms with E-state index < -0.39 is 5.97 Å². The van der Waals surface area contributed by atoms with Crippen molar-refractivity contribution in [2.24, 2.45) is 0 Å². The van der Waals surface area contributed by atoms with E-state index in [4.69, 9.17) is 9.47 Å². The summed E-state index contributed by atoms with van der Waals surface area (Å²) in [7, 11) is 1.55. The van der Waals surface area contributed by atoms with Crippen molar-refractivity contribution < 1.29 is 14.3 Å². The number of rotatable bonds is 9. The molecule has 0 fully saturated rings. The second-order valence-corrected chi connectivity index (χ2v) is 9.09. The average Bonchev–Trinajstić information content (AvgIpc) is 2.79. The Morgan fingerprint density at radius 3 is 1.48 bits per heavy atom. The molecule has 0 saturated heterocycles. The number of carbonyl (C=O) groups excluding carboxylic acids is 1. The lowest BCUT2D eigenvalue weighted by Gasteiger charge is -2.27. The third-order valence-corrected chi connectivity index (χ3v) is 7.43. The third kappa shape index (κ3) is 4.94. The van der Waals surface area contributed by atoms with Crippen LogP contribution in [0.15, 0.2) is 12.2 Å². The Balaban J connectivity index is 2.73. The maximum atomic E-state index is 12.3. The number of hydrogen-bond acceptors (Lipinski definition) is 3. The fraction of sp³-hybridized carbons (Fsp3) is 0.500. The van der Waals surface area contributed by atoms with Crippen LogP contribution in [-0.4, -0.2) is 19.7 Å². The predicted octanol–water partition coefficient (Wildman–Crippen LogP) is 7.14. The van der Waals surface area contributed by atoms with Gasteiger partial charge in [0.25, 0.3) is 0 Å². The monoisotopic (exact) mass is 450 g/mol. The molecule has 0 N–H and O–H groups in total. The number of esters is 1. The molecule has 2 aromatic rings. The maximum absolute atomic E-state index is 12.3. The molecule has 180 valence electrons. The first kappa shape index (κ1) is 26.9. The van der Waals surface area contributed by atoms with Crippen molar-refractivity contribution in [1.82, 2.24) is 0 Å². The highest BCUT2D eigenvalue weighted by molar-refractivity contribution is 5.88. The largest absolute Gasteiger partial charge is 0.457 e. The van der Waals surface area contributed by atoms with Crippen molar-refractivity contribution in [2.75, 3.05) is 13.7 Å². The first-order chi connectivity index (χ1) is 15.6. The maximum Gasteiger partial charge on any atom is 0.336 e. The van der Waals surface area contributed by atoms with Crippen LogP contribution in [0, 0.1) is 41.5 Å². The van der Waals surface area contributed by atoms with Crippen molar-refractivity contribution in [3.63, 3.8) is 0 Å². The molecule has 0 heterocycles. The quantitative estimate of drug-likeness (QED) is 0.301. The topological polar surface area (TPSA) is 35.5 Å². The van der Waals surface area contributed by atoms with Crippen LogP contribution in [0.5, 0.6) is 0 Å². The fourth-order valence-corrected chi connectivity index (χ4v) is 5.45. The molecule has 3 heteroatoms. The van der Waals surface area contributed by atoms with Crippen LogP contribution >= 0.6 is 0 Å². The van der Waals surface area contributed by atoms with Crippen LogP contribution < -0.4 is 0 Å². The zero-order valence-electron chi connectivity index (χ0n) is 22.5. The second kappa shape index (κ2) is 11.2. The number of ether oxygens (including phenoxy) is 2. The van der Waals surface area contributed by atoms with Gasteiger partial charge < -0.3 is 9.47 Å². The molecule has 0 saturated carbocycles. The smallest absolute Gasteiger partial charge is 0.336 e. The lowest BCUT2D eigenvalue weighted by molar-refractivity contribution is -0.140. The zero-order valence-corrected chi connectivity index (χ0v) is 22.5. The van der Waals surface area contributed by atoms with Gasteiger partial charge in [-0.3, -0.25) is 0 Å². The van der Waals surface area contributed by atoms with Crippen LogP contribution in [0.3, 0.4) is 0 Å². The second-order valence-electron chi connectivity index (χ2n) is 9.09. The summed E-state index contributed by atoms with van der Waals surface area (Å²) in [5.41, 5.74) is 16.4. The summed E-state index contributed by atoms with van der Waals surface area (Å²) >= 11 is 0. The molecule has 0 unspecified atom stereocenters. The molecule has 0 aliphatic carbocycles. The Labute approximate surface area is 201 Å². The van der Waals surface area contributed by atoms with E-state index in [-0.39, 0.29) is 13.2 Å². The molecular weight excluding hydrogens is 408 g/mol. The first-order valence-electron chi connectivity index (χ1n) is 12.1. The van der Waals surface area contributed by atoms with E-state index in [0.717, 1.165) is 24.8 Å². The van der Waals surface area contributed by atoms with Gasteiger partial charge in [-0.25, -0.2) is 4.79 Å². The van der Waals surface area contributed by atoms with Gasteiger partial charge in [-0.1, -0.05) is 27.4 Å². The number of methoxy groups -OCH3 is 1. The molecule has 0 aromatic heterocycles. The molecule has 33 heavy (non-hydrogen) atoms. The van der Waals surface area contributed by atoms with Crippen molar-refractivity contribution in [3.8, 4) is 11.1 Å². The van der Waals surface area contributed by atoms with Crippen LogP contribution in [0.2, 0.25) is 0 Å². The molecule has 2 rings (SSSR count). The van der Waals surface area contributed by atoms with Crippen LogP contribution in [0.25, 0.3) is 11.1 Å². The van der Waals surface area contributed by atoms with Crippen molar-refractivity contribution in [3.05, 3.63) is 67.8 Å². The molecule has 3 nitrogen and oxygen atoms in total. The van der Waals surface area contributed by atoms with Gasteiger partial charge in [0.05, 0.1) is 12.2 Å². The van der Waals surface area contributed by atoms with Gasteiger partial charge >= 0.3 is 5.97 Å². The highest BCUT2D eigenvalue weighted by Crippen LogP contribution is 2.41. The van der Waals surface area contributed by atoms with E-state index in [0.29, 0.717) is 5.57 Å². The third-order valence-electron chi connectivity index (χ3n) is 7.43. The SMILES string of the molecule is C=C(COC)C(=O)OCc1c(C)c(C)c(-c2c(C)c(C)c(CC)c(CC)c2C)c(C)c1CC.